The maximum absolute atomic E-state index is 5.23. The summed E-state index contributed by atoms with van der Waals surface area (Å²) in [7, 11) is 1.72. The fourth-order valence-electron chi connectivity index (χ4n) is 1.45. The predicted molar refractivity (Wildman–Crippen MR) is 51.8 cm³/mol. The van der Waals surface area contributed by atoms with Gasteiger partial charge in [-0.3, -0.25) is 0 Å². The average Bonchev–Trinajstić information content (AvgIpc) is 2.08. The number of aryl methyl sites for hydroxylation is 3. The van der Waals surface area contributed by atoms with Crippen LogP contribution in [0.4, 0.5) is 0 Å². The first kappa shape index (κ1) is 9.11. The Morgan fingerprint density at radius 1 is 1.17 bits per heavy atom. The Balaban J connectivity index is 3.16. The smallest absolute Gasteiger partial charge is 0.122 e. The normalized spacial score (nSPS) is 10.0. The molecule has 0 saturated heterocycles. The number of rotatable bonds is 2. The molecule has 0 heterocycles. The van der Waals surface area contributed by atoms with Crippen molar-refractivity contribution in [2.45, 2.75) is 27.2 Å². The van der Waals surface area contributed by atoms with Gasteiger partial charge in [-0.1, -0.05) is 13.0 Å². The van der Waals surface area contributed by atoms with Crippen LogP contribution in [0.2, 0.25) is 0 Å². The third-order valence-electron chi connectivity index (χ3n) is 2.23. The summed E-state index contributed by atoms with van der Waals surface area (Å²) in [5.41, 5.74) is 3.95. The van der Waals surface area contributed by atoms with Gasteiger partial charge in [0, 0.05) is 0 Å². The molecule has 0 amide bonds. The maximum Gasteiger partial charge on any atom is 0.122 e. The van der Waals surface area contributed by atoms with Crippen LogP contribution in [-0.2, 0) is 6.42 Å². The molecule has 1 aromatic rings. The van der Waals surface area contributed by atoms with Gasteiger partial charge in [-0.25, -0.2) is 0 Å². The van der Waals surface area contributed by atoms with Crippen molar-refractivity contribution in [3.05, 3.63) is 28.8 Å². The van der Waals surface area contributed by atoms with Crippen LogP contribution >= 0.6 is 0 Å². The zero-order chi connectivity index (χ0) is 9.14. The van der Waals surface area contributed by atoms with Crippen LogP contribution < -0.4 is 4.74 Å². The standard InChI is InChI=1S/C11H16O/c1-5-10-6-9(3)11(12-4)7-8(10)2/h6-7H,5H2,1-4H3. The molecule has 0 bridgehead atoms. The van der Waals surface area contributed by atoms with E-state index >= 15 is 0 Å². The fourth-order valence-corrected chi connectivity index (χ4v) is 1.45. The molecule has 0 aliphatic rings. The van der Waals surface area contributed by atoms with Gasteiger partial charge in [-0.2, -0.15) is 0 Å². The van der Waals surface area contributed by atoms with Crippen LogP contribution in [0.3, 0.4) is 0 Å². The molecule has 0 aliphatic carbocycles. The Kier molecular flexibility index (Phi) is 2.74. The minimum Gasteiger partial charge on any atom is -0.496 e. The summed E-state index contributed by atoms with van der Waals surface area (Å²) in [6, 6.07) is 4.31. The molecule has 0 atom stereocenters. The number of hydrogen-bond donors (Lipinski definition) is 0. The molecule has 1 rings (SSSR count). The van der Waals surface area contributed by atoms with Crippen LogP contribution in [0.15, 0.2) is 12.1 Å². The van der Waals surface area contributed by atoms with Crippen LogP contribution in [0, 0.1) is 13.8 Å². The second-order valence-electron chi connectivity index (χ2n) is 3.10. The molecule has 0 N–H and O–H groups in total. The van der Waals surface area contributed by atoms with E-state index in [0.717, 1.165) is 12.2 Å². The second-order valence-corrected chi connectivity index (χ2v) is 3.10. The van der Waals surface area contributed by atoms with Crippen LogP contribution in [-0.4, -0.2) is 7.11 Å². The van der Waals surface area contributed by atoms with Crippen molar-refractivity contribution in [2.24, 2.45) is 0 Å². The minimum absolute atomic E-state index is 0.990. The number of benzene rings is 1. The number of ether oxygens (including phenoxy) is 1. The van der Waals surface area contributed by atoms with Gasteiger partial charge in [0.15, 0.2) is 0 Å². The van der Waals surface area contributed by atoms with Crippen molar-refractivity contribution >= 4 is 0 Å². The van der Waals surface area contributed by atoms with Gasteiger partial charge >= 0.3 is 0 Å². The fraction of sp³-hybridized carbons (Fsp3) is 0.455. The highest BCUT2D eigenvalue weighted by atomic mass is 16.5. The van der Waals surface area contributed by atoms with E-state index in [4.69, 9.17) is 4.74 Å². The van der Waals surface area contributed by atoms with E-state index in [2.05, 4.69) is 32.9 Å². The Hall–Kier alpha value is -0.980. The highest BCUT2D eigenvalue weighted by molar-refractivity contribution is 5.41. The van der Waals surface area contributed by atoms with Gasteiger partial charge in [0.25, 0.3) is 0 Å². The van der Waals surface area contributed by atoms with Gasteiger partial charge in [-0.15, -0.1) is 0 Å². The third-order valence-corrected chi connectivity index (χ3v) is 2.23. The van der Waals surface area contributed by atoms with Crippen molar-refractivity contribution in [3.63, 3.8) is 0 Å². The highest BCUT2D eigenvalue weighted by Crippen LogP contribution is 2.22. The van der Waals surface area contributed by atoms with E-state index in [1.165, 1.54) is 16.7 Å². The molecule has 0 aliphatic heterocycles. The molecule has 1 aromatic carbocycles. The monoisotopic (exact) mass is 164 g/mol. The van der Waals surface area contributed by atoms with Gasteiger partial charge in [0.05, 0.1) is 7.11 Å². The first-order valence-electron chi connectivity index (χ1n) is 4.33. The molecule has 1 heteroatoms. The lowest BCUT2D eigenvalue weighted by Crippen LogP contribution is -1.92. The van der Waals surface area contributed by atoms with Crippen molar-refractivity contribution in [1.29, 1.82) is 0 Å². The summed E-state index contributed by atoms with van der Waals surface area (Å²) < 4.78 is 5.23. The van der Waals surface area contributed by atoms with Crippen molar-refractivity contribution < 1.29 is 4.74 Å². The summed E-state index contributed by atoms with van der Waals surface area (Å²) in [5, 5.41) is 0. The van der Waals surface area contributed by atoms with Gasteiger partial charge in [-0.05, 0) is 43.0 Å². The first-order valence-corrected chi connectivity index (χ1v) is 4.33. The molecule has 66 valence electrons. The molecule has 0 aromatic heterocycles. The lowest BCUT2D eigenvalue weighted by Gasteiger charge is -2.09. The Bertz CT molecular complexity index is 247. The lowest BCUT2D eigenvalue weighted by atomic mass is 10.0. The van der Waals surface area contributed by atoms with Gasteiger partial charge in [0.2, 0.25) is 0 Å². The van der Waals surface area contributed by atoms with E-state index in [1.807, 2.05) is 0 Å². The molecule has 0 saturated carbocycles. The molecule has 12 heavy (non-hydrogen) atoms. The van der Waals surface area contributed by atoms with Gasteiger partial charge in [0.1, 0.15) is 5.75 Å². The van der Waals surface area contributed by atoms with Crippen molar-refractivity contribution in [1.82, 2.24) is 0 Å². The SMILES string of the molecule is CCc1cc(C)c(OC)cc1C. The Morgan fingerprint density at radius 2 is 1.83 bits per heavy atom. The zero-order valence-corrected chi connectivity index (χ0v) is 8.27. The molecule has 0 radical (unpaired) electrons. The van der Waals surface area contributed by atoms with Gasteiger partial charge < -0.3 is 4.74 Å². The second kappa shape index (κ2) is 3.61. The lowest BCUT2D eigenvalue weighted by molar-refractivity contribution is 0.411. The van der Waals surface area contributed by atoms with E-state index in [-0.39, 0.29) is 0 Å². The summed E-state index contributed by atoms with van der Waals surface area (Å²) >= 11 is 0. The van der Waals surface area contributed by atoms with E-state index in [1.54, 1.807) is 7.11 Å². The van der Waals surface area contributed by atoms with E-state index < -0.39 is 0 Å². The molecular formula is C11H16O. The minimum atomic E-state index is 0.990. The number of hydrogen-bond acceptors (Lipinski definition) is 1. The van der Waals surface area contributed by atoms with Crippen LogP contribution in [0.1, 0.15) is 23.6 Å². The summed E-state index contributed by atoms with van der Waals surface area (Å²) in [4.78, 5) is 0. The van der Waals surface area contributed by atoms with E-state index in [9.17, 15) is 0 Å². The average molecular weight is 164 g/mol. The van der Waals surface area contributed by atoms with Crippen molar-refractivity contribution in [2.75, 3.05) is 7.11 Å². The summed E-state index contributed by atoms with van der Waals surface area (Å²) in [5.74, 6) is 0.990. The first-order chi connectivity index (χ1) is 5.69. The van der Waals surface area contributed by atoms with Crippen molar-refractivity contribution in [3.8, 4) is 5.75 Å². The summed E-state index contributed by atoms with van der Waals surface area (Å²) in [6.45, 7) is 6.38. The third kappa shape index (κ3) is 1.60. The molecule has 1 nitrogen and oxygen atoms in total. The summed E-state index contributed by atoms with van der Waals surface area (Å²) in [6.07, 6.45) is 1.09. The Labute approximate surface area is 74.4 Å². The topological polar surface area (TPSA) is 9.23 Å². The molecule has 0 spiro atoms. The van der Waals surface area contributed by atoms with E-state index in [0.29, 0.717) is 0 Å². The predicted octanol–water partition coefficient (Wildman–Crippen LogP) is 2.87. The van der Waals surface area contributed by atoms with Crippen LogP contribution in [0.25, 0.3) is 0 Å². The molecule has 0 fully saturated rings. The molecular weight excluding hydrogens is 148 g/mol. The quantitative estimate of drug-likeness (QED) is 0.653. The largest absolute Gasteiger partial charge is 0.496 e. The number of methoxy groups -OCH3 is 1. The van der Waals surface area contributed by atoms with Crippen LogP contribution in [0.5, 0.6) is 5.75 Å². The Morgan fingerprint density at radius 3 is 2.33 bits per heavy atom. The zero-order valence-electron chi connectivity index (χ0n) is 8.27. The molecule has 0 unspecified atom stereocenters. The highest BCUT2D eigenvalue weighted by Gasteiger charge is 2.02. The maximum atomic E-state index is 5.23.